The SMILES string of the molecule is CCN(C(=O)COC(=O)c1ccc(C(N)=O)cc1)c1nc2ccccc2s1. The van der Waals surface area contributed by atoms with Crippen molar-refractivity contribution >= 4 is 44.5 Å². The predicted octanol–water partition coefficient (Wildman–Crippen LogP) is 2.61. The number of aromatic nitrogens is 1. The number of carbonyl (C=O) groups is 3. The molecule has 8 heteroatoms. The van der Waals surface area contributed by atoms with E-state index in [1.807, 2.05) is 31.2 Å². The third kappa shape index (κ3) is 4.12. The second-order valence-corrected chi connectivity index (χ2v) is 6.63. The number of carbonyl (C=O) groups excluding carboxylic acids is 3. The molecule has 0 aliphatic carbocycles. The highest BCUT2D eigenvalue weighted by Gasteiger charge is 2.20. The van der Waals surface area contributed by atoms with E-state index >= 15 is 0 Å². The standard InChI is InChI=1S/C19H17N3O4S/c1-2-22(19-21-14-5-3-4-6-15(14)27-19)16(23)11-26-18(25)13-9-7-12(8-10-13)17(20)24/h3-10H,2,11H2,1H3,(H2,20,24). The van der Waals surface area contributed by atoms with Crippen LogP contribution in [-0.4, -0.2) is 35.9 Å². The third-order valence-electron chi connectivity index (χ3n) is 3.86. The van der Waals surface area contributed by atoms with Crippen molar-refractivity contribution in [2.24, 2.45) is 5.73 Å². The van der Waals surface area contributed by atoms with Crippen molar-refractivity contribution in [3.8, 4) is 0 Å². The highest BCUT2D eigenvalue weighted by Crippen LogP contribution is 2.28. The van der Waals surface area contributed by atoms with E-state index in [0.717, 1.165) is 10.2 Å². The molecule has 0 saturated carbocycles. The van der Waals surface area contributed by atoms with E-state index in [4.69, 9.17) is 10.5 Å². The molecular weight excluding hydrogens is 366 g/mol. The van der Waals surface area contributed by atoms with Gasteiger partial charge in [-0.3, -0.25) is 14.5 Å². The Labute approximate surface area is 159 Å². The zero-order valence-electron chi connectivity index (χ0n) is 14.5. The van der Waals surface area contributed by atoms with E-state index in [9.17, 15) is 14.4 Å². The first-order valence-electron chi connectivity index (χ1n) is 8.22. The van der Waals surface area contributed by atoms with Crippen LogP contribution in [0.3, 0.4) is 0 Å². The molecule has 0 saturated heterocycles. The summed E-state index contributed by atoms with van der Waals surface area (Å²) in [6.07, 6.45) is 0. The van der Waals surface area contributed by atoms with Gasteiger partial charge in [-0.25, -0.2) is 9.78 Å². The fourth-order valence-electron chi connectivity index (χ4n) is 2.45. The number of amides is 2. The van der Waals surface area contributed by atoms with Crippen LogP contribution in [-0.2, 0) is 9.53 Å². The van der Waals surface area contributed by atoms with Gasteiger partial charge in [0.15, 0.2) is 11.7 Å². The molecule has 0 spiro atoms. The van der Waals surface area contributed by atoms with Crippen molar-refractivity contribution in [2.45, 2.75) is 6.92 Å². The molecular formula is C19H17N3O4S. The Balaban J connectivity index is 1.66. The molecule has 2 amide bonds. The lowest BCUT2D eigenvalue weighted by atomic mass is 10.1. The average molecular weight is 383 g/mol. The number of hydrogen-bond donors (Lipinski definition) is 1. The van der Waals surface area contributed by atoms with Crippen LogP contribution in [0.2, 0.25) is 0 Å². The van der Waals surface area contributed by atoms with Gasteiger partial charge < -0.3 is 10.5 Å². The van der Waals surface area contributed by atoms with Gasteiger partial charge in [-0.05, 0) is 43.3 Å². The topological polar surface area (TPSA) is 103 Å². The predicted molar refractivity (Wildman–Crippen MR) is 103 cm³/mol. The number of thiazole rings is 1. The smallest absolute Gasteiger partial charge is 0.338 e. The van der Waals surface area contributed by atoms with Crippen LogP contribution >= 0.6 is 11.3 Å². The lowest BCUT2D eigenvalue weighted by Gasteiger charge is -2.17. The minimum atomic E-state index is -0.653. The van der Waals surface area contributed by atoms with Crippen molar-refractivity contribution in [1.82, 2.24) is 4.98 Å². The average Bonchev–Trinajstić information content (AvgIpc) is 3.10. The number of anilines is 1. The molecule has 0 fully saturated rings. The quantitative estimate of drug-likeness (QED) is 0.659. The van der Waals surface area contributed by atoms with Gasteiger partial charge in [0, 0.05) is 12.1 Å². The van der Waals surface area contributed by atoms with Gasteiger partial charge in [-0.2, -0.15) is 0 Å². The van der Waals surface area contributed by atoms with E-state index in [-0.39, 0.29) is 17.0 Å². The molecule has 2 N–H and O–H groups in total. The molecule has 1 heterocycles. The third-order valence-corrected chi connectivity index (χ3v) is 4.92. The largest absolute Gasteiger partial charge is 0.452 e. The van der Waals surface area contributed by atoms with Gasteiger partial charge in [0.1, 0.15) is 0 Å². The number of ether oxygens (including phenoxy) is 1. The Morgan fingerprint density at radius 3 is 2.37 bits per heavy atom. The first kappa shape index (κ1) is 18.5. The Hall–Kier alpha value is -3.26. The van der Waals surface area contributed by atoms with Crippen molar-refractivity contribution in [1.29, 1.82) is 0 Å². The Morgan fingerprint density at radius 2 is 1.74 bits per heavy atom. The molecule has 138 valence electrons. The van der Waals surface area contributed by atoms with Crippen LogP contribution in [0.4, 0.5) is 5.13 Å². The fraction of sp³-hybridized carbons (Fsp3) is 0.158. The summed E-state index contributed by atoms with van der Waals surface area (Å²) in [4.78, 5) is 41.6. The molecule has 1 aromatic heterocycles. The molecule has 3 rings (SSSR count). The number of likely N-dealkylation sites (N-methyl/N-ethyl adjacent to an activating group) is 1. The van der Waals surface area contributed by atoms with Gasteiger partial charge in [0.05, 0.1) is 15.8 Å². The summed E-state index contributed by atoms with van der Waals surface area (Å²) in [5.74, 6) is -1.60. The summed E-state index contributed by atoms with van der Waals surface area (Å²) in [5, 5.41) is 0.561. The molecule has 3 aromatic rings. The lowest BCUT2D eigenvalue weighted by Crippen LogP contribution is -2.34. The number of benzene rings is 2. The maximum atomic E-state index is 12.5. The van der Waals surface area contributed by atoms with Crippen LogP contribution in [0.1, 0.15) is 27.6 Å². The molecule has 0 aliphatic rings. The highest BCUT2D eigenvalue weighted by atomic mass is 32.1. The first-order valence-corrected chi connectivity index (χ1v) is 9.04. The van der Waals surface area contributed by atoms with Crippen molar-refractivity contribution in [2.75, 3.05) is 18.1 Å². The number of para-hydroxylation sites is 1. The number of hydrogen-bond acceptors (Lipinski definition) is 6. The molecule has 27 heavy (non-hydrogen) atoms. The van der Waals surface area contributed by atoms with Gasteiger partial charge in [0.2, 0.25) is 5.91 Å². The second kappa shape index (κ2) is 7.96. The Bertz CT molecular complexity index is 965. The van der Waals surface area contributed by atoms with Gasteiger partial charge in [0.25, 0.3) is 5.91 Å². The van der Waals surface area contributed by atoms with Gasteiger partial charge in [-0.1, -0.05) is 23.5 Å². The lowest BCUT2D eigenvalue weighted by molar-refractivity contribution is -0.121. The van der Waals surface area contributed by atoms with Gasteiger partial charge in [-0.15, -0.1) is 0 Å². The monoisotopic (exact) mass is 383 g/mol. The molecule has 7 nitrogen and oxygen atoms in total. The number of primary amides is 1. The number of nitrogens with two attached hydrogens (primary N) is 1. The van der Waals surface area contributed by atoms with Crippen molar-refractivity contribution in [3.05, 3.63) is 59.7 Å². The maximum absolute atomic E-state index is 12.5. The van der Waals surface area contributed by atoms with Crippen LogP contribution in [0.15, 0.2) is 48.5 Å². The molecule has 0 bridgehead atoms. The molecule has 0 atom stereocenters. The number of nitrogens with zero attached hydrogens (tertiary/aromatic N) is 2. The van der Waals surface area contributed by atoms with E-state index in [2.05, 4.69) is 4.98 Å². The van der Waals surface area contributed by atoms with E-state index in [0.29, 0.717) is 11.7 Å². The second-order valence-electron chi connectivity index (χ2n) is 5.62. The van der Waals surface area contributed by atoms with Crippen LogP contribution < -0.4 is 10.6 Å². The molecule has 0 aliphatic heterocycles. The maximum Gasteiger partial charge on any atom is 0.338 e. The number of rotatable bonds is 6. The summed E-state index contributed by atoms with van der Waals surface area (Å²) in [5.41, 5.74) is 6.49. The summed E-state index contributed by atoms with van der Waals surface area (Å²) in [7, 11) is 0. The molecule has 0 radical (unpaired) electrons. The fourth-order valence-corrected chi connectivity index (χ4v) is 3.50. The van der Waals surface area contributed by atoms with Crippen molar-refractivity contribution in [3.63, 3.8) is 0 Å². The minimum absolute atomic E-state index is 0.232. The Morgan fingerprint density at radius 1 is 1.07 bits per heavy atom. The number of fused-ring (bicyclic) bond motifs is 1. The highest BCUT2D eigenvalue weighted by molar-refractivity contribution is 7.22. The van der Waals surface area contributed by atoms with E-state index < -0.39 is 18.5 Å². The van der Waals surface area contributed by atoms with Crippen LogP contribution in [0.25, 0.3) is 10.2 Å². The summed E-state index contributed by atoms with van der Waals surface area (Å²) >= 11 is 1.40. The molecule has 2 aromatic carbocycles. The normalized spacial score (nSPS) is 10.6. The summed E-state index contributed by atoms with van der Waals surface area (Å²) < 4.78 is 6.08. The summed E-state index contributed by atoms with van der Waals surface area (Å²) in [6.45, 7) is 1.83. The summed E-state index contributed by atoms with van der Waals surface area (Å²) in [6, 6.07) is 13.3. The van der Waals surface area contributed by atoms with E-state index in [1.165, 1.54) is 40.5 Å². The zero-order chi connectivity index (χ0) is 19.4. The number of esters is 1. The minimum Gasteiger partial charge on any atom is -0.452 e. The molecule has 0 unspecified atom stereocenters. The van der Waals surface area contributed by atoms with E-state index in [1.54, 1.807) is 0 Å². The Kier molecular flexibility index (Phi) is 5.46. The van der Waals surface area contributed by atoms with Gasteiger partial charge >= 0.3 is 5.97 Å². The van der Waals surface area contributed by atoms with Crippen molar-refractivity contribution < 1.29 is 19.1 Å². The first-order chi connectivity index (χ1) is 13.0. The van der Waals surface area contributed by atoms with Crippen LogP contribution in [0.5, 0.6) is 0 Å². The zero-order valence-corrected chi connectivity index (χ0v) is 15.4. The van der Waals surface area contributed by atoms with Crippen LogP contribution in [0, 0.1) is 0 Å².